The van der Waals surface area contributed by atoms with Crippen LogP contribution in [0, 0.1) is 17.3 Å². The third-order valence-electron chi connectivity index (χ3n) is 4.31. The Labute approximate surface area is 115 Å². The van der Waals surface area contributed by atoms with E-state index in [-0.39, 0.29) is 0 Å². The zero-order valence-corrected chi connectivity index (χ0v) is 12.5. The topological polar surface area (TPSA) is 36.4 Å². The molecule has 4 heteroatoms. The predicted octanol–water partition coefficient (Wildman–Crippen LogP) is 2.84. The maximum Gasteiger partial charge on any atom is 0.187 e. The normalized spacial score (nSPS) is 28.8. The zero-order chi connectivity index (χ0) is 13.3. The summed E-state index contributed by atoms with van der Waals surface area (Å²) in [6.45, 7) is 8.84. The van der Waals surface area contributed by atoms with Crippen molar-refractivity contribution in [2.45, 2.75) is 46.6 Å². The van der Waals surface area contributed by atoms with Gasteiger partial charge in [0.15, 0.2) is 5.11 Å². The van der Waals surface area contributed by atoms with E-state index in [2.05, 4.69) is 49.6 Å². The maximum atomic E-state index is 5.13. The lowest BCUT2D eigenvalue weighted by Crippen LogP contribution is -2.48. The highest BCUT2D eigenvalue weighted by Gasteiger charge is 2.50. The molecule has 1 saturated carbocycles. The number of nitrogens with one attached hydrogen (secondary N) is 2. The molecule has 18 heavy (non-hydrogen) atoms. The van der Waals surface area contributed by atoms with E-state index in [0.29, 0.717) is 22.5 Å². The molecule has 0 aromatic carbocycles. The summed E-state index contributed by atoms with van der Waals surface area (Å²) in [5, 5.41) is 7.93. The molecule has 2 atom stereocenters. The van der Waals surface area contributed by atoms with Gasteiger partial charge < -0.3 is 5.32 Å². The summed E-state index contributed by atoms with van der Waals surface area (Å²) in [4.78, 5) is 0. The molecule has 3 rings (SSSR count). The fraction of sp³-hybridized carbons (Fsp3) is 0.714. The average molecular weight is 265 g/mol. The molecule has 0 spiro atoms. The predicted molar refractivity (Wildman–Crippen MR) is 80.6 cm³/mol. The highest BCUT2D eigenvalue weighted by Crippen LogP contribution is 2.58. The third kappa shape index (κ3) is 2.58. The van der Waals surface area contributed by atoms with Gasteiger partial charge in [0.05, 0.1) is 6.21 Å². The molecule has 0 aromatic rings. The molecule has 3 nitrogen and oxygen atoms in total. The Kier molecular flexibility index (Phi) is 3.76. The SMILES string of the molecule is CC(C)NC(=S)NN=CC1=CCC2CC1C2(C)C. The summed E-state index contributed by atoms with van der Waals surface area (Å²) < 4.78 is 0. The molecule has 0 heterocycles. The summed E-state index contributed by atoms with van der Waals surface area (Å²) >= 11 is 5.13. The summed E-state index contributed by atoms with van der Waals surface area (Å²) in [6.07, 6.45) is 6.78. The number of thiocarbonyl (C=S) groups is 1. The number of rotatable bonds is 3. The first kappa shape index (κ1) is 13.5. The molecule has 2 bridgehead atoms. The third-order valence-corrected chi connectivity index (χ3v) is 4.52. The van der Waals surface area contributed by atoms with Crippen LogP contribution in [-0.2, 0) is 0 Å². The van der Waals surface area contributed by atoms with Gasteiger partial charge in [0.2, 0.25) is 0 Å². The van der Waals surface area contributed by atoms with Crippen molar-refractivity contribution in [1.82, 2.24) is 10.7 Å². The Bertz CT molecular complexity index is 396. The standard InChI is InChI=1S/C14H23N3S/c1-9(2)16-13(18)17-15-8-10-5-6-11-7-12(10)14(11,3)4/h5,8-9,11-12H,6-7H2,1-4H3,(H2,16,17,18). The minimum atomic E-state index is 0.334. The maximum absolute atomic E-state index is 5.13. The second-order valence-electron chi connectivity index (χ2n) is 6.24. The first-order valence-electron chi connectivity index (χ1n) is 6.71. The molecule has 3 aliphatic carbocycles. The second-order valence-corrected chi connectivity index (χ2v) is 6.65. The molecule has 1 fully saturated rings. The first-order chi connectivity index (χ1) is 8.41. The van der Waals surface area contributed by atoms with Gasteiger partial charge in [-0.3, -0.25) is 5.43 Å². The van der Waals surface area contributed by atoms with Crippen LogP contribution in [0.25, 0.3) is 0 Å². The van der Waals surface area contributed by atoms with Crippen molar-refractivity contribution in [3.63, 3.8) is 0 Å². The van der Waals surface area contributed by atoms with Gasteiger partial charge in [0.1, 0.15) is 0 Å². The van der Waals surface area contributed by atoms with Crippen LogP contribution in [0.4, 0.5) is 0 Å². The van der Waals surface area contributed by atoms with Gasteiger partial charge in [-0.2, -0.15) is 5.10 Å². The van der Waals surface area contributed by atoms with E-state index in [1.807, 2.05) is 6.21 Å². The van der Waals surface area contributed by atoms with Crippen LogP contribution in [-0.4, -0.2) is 17.4 Å². The van der Waals surface area contributed by atoms with Gasteiger partial charge in [0, 0.05) is 6.04 Å². The Hall–Kier alpha value is -0.900. The van der Waals surface area contributed by atoms with E-state index in [1.54, 1.807) is 0 Å². The largest absolute Gasteiger partial charge is 0.359 e. The second kappa shape index (κ2) is 5.00. The van der Waals surface area contributed by atoms with Gasteiger partial charge in [-0.1, -0.05) is 19.9 Å². The molecule has 0 saturated heterocycles. The summed E-state index contributed by atoms with van der Waals surface area (Å²) in [7, 11) is 0. The van der Waals surface area contributed by atoms with E-state index in [4.69, 9.17) is 12.2 Å². The molecular weight excluding hydrogens is 242 g/mol. The summed E-state index contributed by atoms with van der Waals surface area (Å²) in [5.74, 6) is 1.55. The van der Waals surface area contributed by atoms with E-state index in [1.165, 1.54) is 18.4 Å². The fourth-order valence-electron chi connectivity index (χ4n) is 3.00. The van der Waals surface area contributed by atoms with E-state index in [0.717, 1.165) is 5.92 Å². The van der Waals surface area contributed by atoms with Crippen molar-refractivity contribution in [2.24, 2.45) is 22.4 Å². The summed E-state index contributed by atoms with van der Waals surface area (Å²) in [5.41, 5.74) is 4.69. The van der Waals surface area contributed by atoms with E-state index in [9.17, 15) is 0 Å². The first-order valence-corrected chi connectivity index (χ1v) is 7.11. The fourth-order valence-corrected chi connectivity index (χ4v) is 3.29. The summed E-state index contributed by atoms with van der Waals surface area (Å²) in [6, 6.07) is 0.334. The Morgan fingerprint density at radius 1 is 1.56 bits per heavy atom. The number of hydrogen-bond donors (Lipinski definition) is 2. The van der Waals surface area contributed by atoms with Crippen molar-refractivity contribution >= 4 is 23.5 Å². The van der Waals surface area contributed by atoms with E-state index >= 15 is 0 Å². The monoisotopic (exact) mass is 265 g/mol. The van der Waals surface area contributed by atoms with Crippen molar-refractivity contribution in [2.75, 3.05) is 0 Å². The highest BCUT2D eigenvalue weighted by molar-refractivity contribution is 7.80. The Balaban J connectivity index is 1.87. The molecule has 2 unspecified atom stereocenters. The number of fused-ring (bicyclic) bond motifs is 1. The van der Waals surface area contributed by atoms with Crippen LogP contribution in [0.1, 0.15) is 40.5 Å². The molecular formula is C14H23N3S. The molecule has 100 valence electrons. The number of hydrazone groups is 1. The van der Waals surface area contributed by atoms with Gasteiger partial charge in [0.25, 0.3) is 0 Å². The lowest BCUT2D eigenvalue weighted by molar-refractivity contribution is -0.00126. The molecule has 0 radical (unpaired) electrons. The van der Waals surface area contributed by atoms with Crippen LogP contribution in [0.5, 0.6) is 0 Å². The van der Waals surface area contributed by atoms with Crippen LogP contribution in [0.2, 0.25) is 0 Å². The van der Waals surface area contributed by atoms with Gasteiger partial charge >= 0.3 is 0 Å². The highest BCUT2D eigenvalue weighted by atomic mass is 32.1. The Morgan fingerprint density at radius 2 is 2.28 bits per heavy atom. The Morgan fingerprint density at radius 3 is 2.83 bits per heavy atom. The number of nitrogens with zero attached hydrogens (tertiary/aromatic N) is 1. The van der Waals surface area contributed by atoms with Gasteiger partial charge in [-0.25, -0.2) is 0 Å². The van der Waals surface area contributed by atoms with E-state index < -0.39 is 0 Å². The quantitative estimate of drug-likeness (QED) is 0.468. The van der Waals surface area contributed by atoms with Crippen LogP contribution < -0.4 is 10.7 Å². The number of hydrogen-bond acceptors (Lipinski definition) is 2. The smallest absolute Gasteiger partial charge is 0.187 e. The molecule has 0 amide bonds. The van der Waals surface area contributed by atoms with Crippen molar-refractivity contribution < 1.29 is 0 Å². The lowest BCUT2D eigenvalue weighted by atomic mass is 9.49. The van der Waals surface area contributed by atoms with Crippen molar-refractivity contribution in [3.8, 4) is 0 Å². The zero-order valence-electron chi connectivity index (χ0n) is 11.7. The average Bonchev–Trinajstić information content (AvgIpc) is 2.28. The molecule has 2 N–H and O–H groups in total. The molecule has 0 aliphatic heterocycles. The minimum absolute atomic E-state index is 0.334. The van der Waals surface area contributed by atoms with Crippen LogP contribution in [0.15, 0.2) is 16.8 Å². The van der Waals surface area contributed by atoms with Crippen LogP contribution in [0.3, 0.4) is 0 Å². The minimum Gasteiger partial charge on any atom is -0.359 e. The van der Waals surface area contributed by atoms with Gasteiger partial charge in [-0.05, 0) is 61.7 Å². The van der Waals surface area contributed by atoms with Gasteiger partial charge in [-0.15, -0.1) is 0 Å². The van der Waals surface area contributed by atoms with Crippen molar-refractivity contribution in [1.29, 1.82) is 0 Å². The lowest BCUT2D eigenvalue weighted by Gasteiger charge is -2.55. The molecule has 3 aliphatic rings. The van der Waals surface area contributed by atoms with Crippen molar-refractivity contribution in [3.05, 3.63) is 11.6 Å². The number of allylic oxidation sites excluding steroid dienone is 2. The molecule has 0 aromatic heterocycles. The van der Waals surface area contributed by atoms with Crippen LogP contribution >= 0.6 is 12.2 Å².